The minimum Gasteiger partial charge on any atom is -0.459 e. The molecule has 0 radical (unpaired) electrons. The van der Waals surface area contributed by atoms with Crippen LogP contribution in [0.4, 0.5) is 9.93 Å². The Morgan fingerprint density at radius 2 is 1.83 bits per heavy atom. The van der Waals surface area contributed by atoms with E-state index < -0.39 is 61.9 Å². The molecule has 3 aliphatic heterocycles. The number of imidazole rings is 1. The maximum absolute atomic E-state index is 14.8. The molecule has 8 rings (SSSR count). The highest BCUT2D eigenvalue weighted by molar-refractivity contribution is 7.91. The Labute approximate surface area is 373 Å². The number of carbonyl (C=O) groups is 4. The molecular formula is C45H61N7O9S2. The number of aromatic nitrogens is 3. The lowest BCUT2D eigenvalue weighted by Gasteiger charge is -2.30. The zero-order chi connectivity index (χ0) is 44.9. The van der Waals surface area contributed by atoms with Gasteiger partial charge in [0.05, 0.1) is 47.2 Å². The van der Waals surface area contributed by atoms with E-state index in [4.69, 9.17) is 24.2 Å². The van der Waals surface area contributed by atoms with E-state index >= 15 is 0 Å². The van der Waals surface area contributed by atoms with Crippen molar-refractivity contribution in [1.82, 2.24) is 29.5 Å². The molecule has 3 amide bonds. The molecule has 63 heavy (non-hydrogen) atoms. The van der Waals surface area contributed by atoms with Gasteiger partial charge in [-0.15, -0.1) is 11.3 Å². The summed E-state index contributed by atoms with van der Waals surface area (Å²) in [6.45, 7) is 13.8. The van der Waals surface area contributed by atoms with Crippen LogP contribution in [-0.2, 0) is 33.9 Å². The van der Waals surface area contributed by atoms with Crippen molar-refractivity contribution in [2.24, 2.45) is 11.3 Å². The second kappa shape index (κ2) is 17.4. The van der Waals surface area contributed by atoms with Gasteiger partial charge in [-0.3, -0.25) is 23.7 Å². The predicted octanol–water partition coefficient (Wildman–Crippen LogP) is 6.30. The highest BCUT2D eigenvalue weighted by atomic mass is 32.2. The van der Waals surface area contributed by atoms with E-state index in [1.54, 1.807) is 39.0 Å². The van der Waals surface area contributed by atoms with Gasteiger partial charge in [0.25, 0.3) is 6.01 Å². The number of Topliss-reactive ketones (excluding diaryl/α,β-unsaturated/α-hetero) is 1. The summed E-state index contributed by atoms with van der Waals surface area (Å²) < 4.78 is 47.8. The van der Waals surface area contributed by atoms with Crippen LogP contribution >= 0.6 is 11.3 Å². The SMILES string of the molecule is CC(C)n1c(O[C@@H]2C[C@H]3C(=O)C[C@]4(C(=O)NS(=O)(=O)C5(C)CC5)C[C@H]4/C=C\CCCCC[C@H](NC(=O)OC(C)(C)C)C(=O)N3C2)nc2c(-c3csc(N4CCOCC4)n3)cccc21. The van der Waals surface area contributed by atoms with Crippen LogP contribution in [0.2, 0.25) is 0 Å². The third-order valence-electron chi connectivity index (χ3n) is 13.1. The van der Waals surface area contributed by atoms with Crippen molar-refractivity contribution in [2.75, 3.05) is 37.7 Å². The maximum Gasteiger partial charge on any atom is 0.408 e. The second-order valence-corrected chi connectivity index (χ2v) is 22.4. The van der Waals surface area contributed by atoms with Crippen molar-refractivity contribution < 1.29 is 41.8 Å². The lowest BCUT2D eigenvalue weighted by atomic mass is 9.91. The number of nitrogens with one attached hydrogen (secondary N) is 2. The zero-order valence-corrected chi connectivity index (χ0v) is 38.8. The maximum atomic E-state index is 14.8. The Morgan fingerprint density at radius 1 is 1.06 bits per heavy atom. The third-order valence-corrected chi connectivity index (χ3v) is 16.1. The molecule has 0 spiro atoms. The fourth-order valence-electron chi connectivity index (χ4n) is 9.06. The van der Waals surface area contributed by atoms with Crippen molar-refractivity contribution in [3.63, 3.8) is 0 Å². The number of rotatable bonds is 9. The first-order valence-electron chi connectivity index (χ1n) is 22.4. The van der Waals surface area contributed by atoms with E-state index in [0.717, 1.165) is 47.8 Å². The molecule has 0 bridgehead atoms. The molecule has 0 unspecified atom stereocenters. The molecule has 342 valence electrons. The van der Waals surface area contributed by atoms with Gasteiger partial charge in [0.15, 0.2) is 10.9 Å². The smallest absolute Gasteiger partial charge is 0.408 e. The topological polar surface area (TPSA) is 191 Å². The molecule has 4 fully saturated rings. The summed E-state index contributed by atoms with van der Waals surface area (Å²) in [7, 11) is -3.97. The molecule has 5 atom stereocenters. The van der Waals surface area contributed by atoms with Gasteiger partial charge in [-0.05, 0) is 92.1 Å². The number of carbonyl (C=O) groups excluding carboxylic acids is 4. The standard InChI is InChI=1S/C45H61N7O9S2/c1-28(2)52-34-16-12-14-31(33-27-62-41(46-33)50-19-21-59-22-20-50)37(34)48-40(52)60-30-23-35-36(53)25-45(39(55)49-63(57,58)44(6)17-18-44)24-29(45)13-10-8-7-9-11-15-32(38(54)51(35)26-30)47-42(56)61-43(3,4)5/h10,12-14,16,27-30,32,35H,7-9,11,15,17-26H2,1-6H3,(H,47,56)(H,49,55)/b13-10-/t29-,30-,32+,35+,45-/m1/s1. The first-order chi connectivity index (χ1) is 29.9. The Hall–Kier alpha value is -4.55. The van der Waals surface area contributed by atoms with Crippen molar-refractivity contribution in [3.8, 4) is 17.3 Å². The summed E-state index contributed by atoms with van der Waals surface area (Å²) >= 11 is 1.58. The van der Waals surface area contributed by atoms with E-state index in [2.05, 4.69) is 14.9 Å². The molecule has 5 aliphatic rings. The summed E-state index contributed by atoms with van der Waals surface area (Å²) in [6.07, 6.45) is 6.81. The largest absolute Gasteiger partial charge is 0.459 e. The first kappa shape index (κ1) is 45.0. The minimum atomic E-state index is -3.97. The van der Waals surface area contributed by atoms with Crippen molar-refractivity contribution in [3.05, 3.63) is 35.7 Å². The summed E-state index contributed by atoms with van der Waals surface area (Å²) in [6, 6.07) is 4.18. The molecule has 2 aromatic heterocycles. The average Bonchev–Trinajstić information content (AvgIpc) is 3.89. The number of allylic oxidation sites excluding steroid dienone is 2. The Balaban J connectivity index is 1.11. The van der Waals surface area contributed by atoms with Gasteiger partial charge in [0, 0.05) is 42.9 Å². The van der Waals surface area contributed by atoms with Gasteiger partial charge in [0.2, 0.25) is 21.8 Å². The van der Waals surface area contributed by atoms with Gasteiger partial charge in [-0.2, -0.15) is 4.98 Å². The molecule has 2 saturated carbocycles. The third kappa shape index (κ3) is 9.49. The number of anilines is 1. The fourth-order valence-corrected chi connectivity index (χ4v) is 11.3. The van der Waals surface area contributed by atoms with Crippen LogP contribution in [0.5, 0.6) is 6.01 Å². The number of hydrogen-bond acceptors (Lipinski definition) is 13. The summed E-state index contributed by atoms with van der Waals surface area (Å²) in [4.78, 5) is 70.6. The molecule has 3 aromatic rings. The quantitative estimate of drug-likeness (QED) is 0.228. The van der Waals surface area contributed by atoms with Crippen LogP contribution in [0.3, 0.4) is 0 Å². The van der Waals surface area contributed by atoms with Crippen LogP contribution in [0.1, 0.15) is 112 Å². The van der Waals surface area contributed by atoms with Gasteiger partial charge in [-0.25, -0.2) is 18.2 Å². The number of sulfonamides is 1. The summed E-state index contributed by atoms with van der Waals surface area (Å²) in [5.41, 5.74) is 1.10. The monoisotopic (exact) mass is 907 g/mol. The number of para-hydroxylation sites is 1. The van der Waals surface area contributed by atoms with E-state index in [1.165, 1.54) is 4.90 Å². The van der Waals surface area contributed by atoms with E-state index in [0.29, 0.717) is 63.3 Å². The number of alkyl carbamates (subject to hydrolysis) is 1. The van der Waals surface area contributed by atoms with E-state index in [-0.39, 0.29) is 37.1 Å². The number of hydrogen-bond donors (Lipinski definition) is 2. The number of benzene rings is 1. The van der Waals surface area contributed by atoms with Crippen LogP contribution in [-0.4, -0.2) is 113 Å². The van der Waals surface area contributed by atoms with Crippen molar-refractivity contribution >= 4 is 61.2 Å². The second-order valence-electron chi connectivity index (χ2n) is 19.4. The molecule has 2 saturated heterocycles. The highest BCUT2D eigenvalue weighted by Crippen LogP contribution is 2.57. The number of amides is 3. The number of thiazole rings is 1. The Bertz CT molecular complexity index is 2380. The zero-order valence-electron chi connectivity index (χ0n) is 37.2. The summed E-state index contributed by atoms with van der Waals surface area (Å²) in [5, 5.41) is 5.75. The molecule has 2 N–H and O–H groups in total. The number of ketones is 1. The molecule has 1 aromatic carbocycles. The van der Waals surface area contributed by atoms with Crippen LogP contribution in [0.25, 0.3) is 22.3 Å². The Morgan fingerprint density at radius 3 is 2.54 bits per heavy atom. The normalized spacial score (nSPS) is 27.2. The number of morpholine rings is 1. The first-order valence-corrected chi connectivity index (χ1v) is 24.8. The number of ether oxygens (including phenoxy) is 3. The van der Waals surface area contributed by atoms with Gasteiger partial charge >= 0.3 is 6.09 Å². The fraction of sp³-hybridized carbons (Fsp3) is 0.644. The molecule has 2 aliphatic carbocycles. The Kier molecular flexibility index (Phi) is 12.5. The average molecular weight is 908 g/mol. The number of fused-ring (bicyclic) bond motifs is 3. The van der Waals surface area contributed by atoms with Crippen molar-refractivity contribution in [1.29, 1.82) is 0 Å². The van der Waals surface area contributed by atoms with Crippen LogP contribution < -0.4 is 19.7 Å². The van der Waals surface area contributed by atoms with Crippen molar-refractivity contribution in [2.45, 2.75) is 140 Å². The lowest BCUT2D eigenvalue weighted by Crippen LogP contribution is -2.53. The van der Waals surface area contributed by atoms with E-state index in [9.17, 15) is 27.6 Å². The lowest BCUT2D eigenvalue weighted by molar-refractivity contribution is -0.140. The number of nitrogens with zero attached hydrogens (tertiary/aromatic N) is 5. The van der Waals surface area contributed by atoms with Gasteiger partial charge in [0.1, 0.15) is 23.3 Å². The highest BCUT2D eigenvalue weighted by Gasteiger charge is 2.62. The predicted molar refractivity (Wildman–Crippen MR) is 239 cm³/mol. The minimum absolute atomic E-state index is 0.0140. The summed E-state index contributed by atoms with van der Waals surface area (Å²) in [5.74, 6) is -1.85. The van der Waals surface area contributed by atoms with Gasteiger partial charge in [-0.1, -0.05) is 37.1 Å². The van der Waals surface area contributed by atoms with Crippen LogP contribution in [0, 0.1) is 11.3 Å². The molecule has 18 heteroatoms. The van der Waals surface area contributed by atoms with Gasteiger partial charge < -0.3 is 29.3 Å². The molecular weight excluding hydrogens is 847 g/mol. The molecule has 5 heterocycles. The molecule has 16 nitrogen and oxygen atoms in total. The van der Waals surface area contributed by atoms with E-state index in [1.807, 2.05) is 54.1 Å². The van der Waals surface area contributed by atoms with Crippen LogP contribution in [0.15, 0.2) is 35.7 Å².